The van der Waals surface area contributed by atoms with E-state index in [1.807, 2.05) is 4.72 Å². The van der Waals surface area contributed by atoms with Crippen LogP contribution >= 0.6 is 38.9 Å². The van der Waals surface area contributed by atoms with E-state index in [1.54, 1.807) is 0 Å². The molecule has 0 saturated heterocycles. The van der Waals surface area contributed by atoms with Crippen molar-refractivity contribution in [3.63, 3.8) is 0 Å². The number of sulfonamides is 1. The number of carbonyl (C=O) groups is 1. The van der Waals surface area contributed by atoms with Crippen LogP contribution in [0.4, 0.5) is 0 Å². The van der Waals surface area contributed by atoms with E-state index in [1.165, 1.54) is 6.07 Å². The third kappa shape index (κ3) is 3.90. The van der Waals surface area contributed by atoms with Crippen molar-refractivity contribution in [2.24, 2.45) is 0 Å². The van der Waals surface area contributed by atoms with Crippen molar-refractivity contribution in [2.75, 3.05) is 6.54 Å². The molecule has 3 N–H and O–H groups in total. The van der Waals surface area contributed by atoms with Gasteiger partial charge < -0.3 is 10.2 Å². The molecule has 0 bridgehead atoms. The van der Waals surface area contributed by atoms with Gasteiger partial charge in [-0.3, -0.25) is 0 Å². The van der Waals surface area contributed by atoms with Gasteiger partial charge in [-0.2, -0.15) is 0 Å². The predicted octanol–water partition coefficient (Wildman–Crippen LogP) is 0.888. The van der Waals surface area contributed by atoms with Gasteiger partial charge in [-0.25, -0.2) is 17.9 Å². The smallest absolute Gasteiger partial charge is 0.333 e. The van der Waals surface area contributed by atoms with Crippen molar-refractivity contribution < 1.29 is 23.4 Å². The van der Waals surface area contributed by atoms with Gasteiger partial charge in [0, 0.05) is 6.54 Å². The van der Waals surface area contributed by atoms with Gasteiger partial charge in [-0.15, -0.1) is 11.3 Å². The lowest BCUT2D eigenvalue weighted by atomic mass is 10.4. The molecule has 0 radical (unpaired) electrons. The van der Waals surface area contributed by atoms with Crippen molar-refractivity contribution in [3.05, 3.63) is 14.9 Å². The summed E-state index contributed by atoms with van der Waals surface area (Å²) in [4.78, 5) is 10.3. The molecule has 1 atom stereocenters. The molecule has 6 nitrogen and oxygen atoms in total. The minimum absolute atomic E-state index is 0.0630. The van der Waals surface area contributed by atoms with E-state index >= 15 is 0 Å². The van der Waals surface area contributed by atoms with Crippen LogP contribution in [0, 0.1) is 0 Å². The van der Waals surface area contributed by atoms with Gasteiger partial charge in [0.05, 0.1) is 8.81 Å². The second-order valence-electron chi connectivity index (χ2n) is 2.89. The molecule has 0 spiro atoms. The number of rotatable bonds is 5. The van der Waals surface area contributed by atoms with Crippen LogP contribution in [0.1, 0.15) is 0 Å². The number of thiophene rings is 1. The third-order valence-electron chi connectivity index (χ3n) is 1.64. The van der Waals surface area contributed by atoms with Crippen LogP contribution in [0.3, 0.4) is 0 Å². The molecule has 1 heterocycles. The highest BCUT2D eigenvalue weighted by Crippen LogP contribution is 2.34. The third-order valence-corrected chi connectivity index (χ3v) is 6.01. The van der Waals surface area contributed by atoms with Crippen LogP contribution < -0.4 is 4.72 Å². The van der Waals surface area contributed by atoms with Gasteiger partial charge >= 0.3 is 5.97 Å². The molecule has 0 saturated carbocycles. The summed E-state index contributed by atoms with van der Waals surface area (Å²) in [7, 11) is -3.86. The lowest BCUT2D eigenvalue weighted by Crippen LogP contribution is -2.36. The predicted molar refractivity (Wildman–Crippen MR) is 65.9 cm³/mol. The Bertz CT molecular complexity index is 509. The van der Waals surface area contributed by atoms with Crippen LogP contribution in [0.5, 0.6) is 0 Å². The van der Waals surface area contributed by atoms with Crippen molar-refractivity contribution in [1.82, 2.24) is 4.72 Å². The number of nitrogens with one attached hydrogen (secondary N) is 1. The first-order chi connectivity index (χ1) is 7.74. The Morgan fingerprint density at radius 2 is 2.24 bits per heavy atom. The van der Waals surface area contributed by atoms with E-state index in [2.05, 4.69) is 15.9 Å². The summed E-state index contributed by atoms with van der Waals surface area (Å²) in [6.45, 7) is -0.606. The summed E-state index contributed by atoms with van der Waals surface area (Å²) in [5.41, 5.74) is 0. The molecular weight excluding hydrogens is 358 g/mol. The maximum atomic E-state index is 11.6. The molecule has 1 rings (SSSR count). The standard InChI is InChI=1S/C7H7BrClNO5S2/c8-6-3(9)1-5(16-6)17(14,15)10-2-4(11)7(12)13/h1,4,10-11H,2H2,(H,12,13). The van der Waals surface area contributed by atoms with E-state index < -0.39 is 28.6 Å². The van der Waals surface area contributed by atoms with Crippen molar-refractivity contribution in [1.29, 1.82) is 0 Å². The van der Waals surface area contributed by atoms with Crippen molar-refractivity contribution in [3.8, 4) is 0 Å². The zero-order valence-corrected chi connectivity index (χ0v) is 12.0. The molecule has 0 aliphatic carbocycles. The van der Waals surface area contributed by atoms with Gasteiger partial charge in [0.15, 0.2) is 6.10 Å². The fraction of sp³-hybridized carbons (Fsp3) is 0.286. The molecule has 17 heavy (non-hydrogen) atoms. The van der Waals surface area contributed by atoms with Crippen molar-refractivity contribution >= 4 is 54.9 Å². The molecular formula is C7H7BrClNO5S2. The number of aliphatic hydroxyl groups is 1. The monoisotopic (exact) mass is 363 g/mol. The topological polar surface area (TPSA) is 104 Å². The number of aliphatic hydroxyl groups excluding tert-OH is 1. The highest BCUT2D eigenvalue weighted by molar-refractivity contribution is 9.11. The van der Waals surface area contributed by atoms with Gasteiger partial charge in [0.1, 0.15) is 4.21 Å². The Labute approximate surface area is 114 Å². The number of halogens is 2. The number of carboxylic acids is 1. The molecule has 10 heteroatoms. The van der Waals surface area contributed by atoms with Crippen LogP contribution in [0.25, 0.3) is 0 Å². The van der Waals surface area contributed by atoms with E-state index in [-0.39, 0.29) is 9.23 Å². The van der Waals surface area contributed by atoms with E-state index in [9.17, 15) is 13.2 Å². The zero-order chi connectivity index (χ0) is 13.2. The molecule has 0 aliphatic rings. The Morgan fingerprint density at radius 1 is 1.65 bits per heavy atom. The summed E-state index contributed by atoms with van der Waals surface area (Å²) in [5, 5.41) is 17.6. The van der Waals surface area contributed by atoms with E-state index in [4.69, 9.17) is 21.8 Å². The first kappa shape index (κ1) is 14.9. The SMILES string of the molecule is O=C(O)C(O)CNS(=O)(=O)c1cc(Cl)c(Br)s1. The summed E-state index contributed by atoms with van der Waals surface area (Å²) in [6, 6.07) is 1.23. The zero-order valence-electron chi connectivity index (χ0n) is 8.05. The van der Waals surface area contributed by atoms with Gasteiger partial charge in [-0.1, -0.05) is 11.6 Å². The number of aliphatic carboxylic acids is 1. The quantitative estimate of drug-likeness (QED) is 0.720. The second kappa shape index (κ2) is 5.63. The molecule has 96 valence electrons. The molecule has 1 unspecified atom stereocenters. The normalized spacial score (nSPS) is 13.6. The molecule has 0 aliphatic heterocycles. The maximum absolute atomic E-state index is 11.6. The van der Waals surface area contributed by atoms with E-state index in [0.29, 0.717) is 3.79 Å². The minimum Gasteiger partial charge on any atom is -0.479 e. The van der Waals surface area contributed by atoms with Crippen LogP contribution in [-0.2, 0) is 14.8 Å². The average Bonchev–Trinajstić information content (AvgIpc) is 2.56. The largest absolute Gasteiger partial charge is 0.479 e. The second-order valence-corrected chi connectivity index (χ2v) is 7.66. The summed E-state index contributed by atoms with van der Waals surface area (Å²) < 4.78 is 25.6. The van der Waals surface area contributed by atoms with Crippen molar-refractivity contribution in [2.45, 2.75) is 10.3 Å². The molecule has 1 aromatic heterocycles. The Hall–Kier alpha value is -0.190. The highest BCUT2D eigenvalue weighted by atomic mass is 79.9. The van der Waals surface area contributed by atoms with E-state index in [0.717, 1.165) is 11.3 Å². The average molecular weight is 365 g/mol. The van der Waals surface area contributed by atoms with Gasteiger partial charge in [0.2, 0.25) is 10.0 Å². The highest BCUT2D eigenvalue weighted by Gasteiger charge is 2.22. The molecule has 1 aromatic rings. The maximum Gasteiger partial charge on any atom is 0.333 e. The van der Waals surface area contributed by atoms with Gasteiger partial charge in [-0.05, 0) is 22.0 Å². The molecule has 0 aromatic carbocycles. The lowest BCUT2D eigenvalue weighted by molar-refractivity contribution is -0.146. The molecule has 0 amide bonds. The van der Waals surface area contributed by atoms with Crippen LogP contribution in [0.15, 0.2) is 14.1 Å². The Kier molecular flexibility index (Phi) is 4.93. The number of hydrogen-bond donors (Lipinski definition) is 3. The lowest BCUT2D eigenvalue weighted by Gasteiger charge is -2.06. The summed E-state index contributed by atoms with van der Waals surface area (Å²) in [5.74, 6) is -1.50. The van der Waals surface area contributed by atoms with Crippen LogP contribution in [0.2, 0.25) is 5.02 Å². The first-order valence-electron chi connectivity index (χ1n) is 4.09. The summed E-state index contributed by atoms with van der Waals surface area (Å²) >= 11 is 9.63. The minimum atomic E-state index is -3.86. The fourth-order valence-corrected chi connectivity index (χ4v) is 4.29. The molecule has 0 fully saturated rings. The number of hydrogen-bond acceptors (Lipinski definition) is 5. The summed E-state index contributed by atoms with van der Waals surface area (Å²) in [6.07, 6.45) is -1.79. The Balaban J connectivity index is 2.79. The Morgan fingerprint density at radius 3 is 2.65 bits per heavy atom. The van der Waals surface area contributed by atoms with Crippen LogP contribution in [-0.4, -0.2) is 37.2 Å². The fourth-order valence-electron chi connectivity index (χ4n) is 0.806. The van der Waals surface area contributed by atoms with Gasteiger partial charge in [0.25, 0.3) is 0 Å². The first-order valence-corrected chi connectivity index (χ1v) is 7.56. The number of carboxylic acid groups (broad SMARTS) is 1.